The van der Waals surface area contributed by atoms with Crippen LogP contribution in [0.3, 0.4) is 0 Å². The lowest BCUT2D eigenvalue weighted by Crippen LogP contribution is -2.22. The van der Waals surface area contributed by atoms with Crippen LogP contribution in [0.4, 0.5) is 5.69 Å². The van der Waals surface area contributed by atoms with Crippen LogP contribution in [0, 0.1) is 0 Å². The van der Waals surface area contributed by atoms with Crippen LogP contribution in [0.1, 0.15) is 18.1 Å². The molecule has 0 saturated heterocycles. The van der Waals surface area contributed by atoms with E-state index in [4.69, 9.17) is 22.1 Å². The zero-order valence-corrected chi connectivity index (χ0v) is 16.3. The van der Waals surface area contributed by atoms with Gasteiger partial charge in [0.1, 0.15) is 5.75 Å². The van der Waals surface area contributed by atoms with E-state index in [0.29, 0.717) is 23.3 Å². The molecule has 0 aliphatic heterocycles. The Kier molecular flexibility index (Phi) is 8.19. The third-order valence-corrected chi connectivity index (χ3v) is 3.64. The van der Waals surface area contributed by atoms with Crippen molar-refractivity contribution in [2.24, 2.45) is 10.7 Å². The summed E-state index contributed by atoms with van der Waals surface area (Å²) in [5, 5.41) is 3.55. The molecule has 0 fully saturated rings. The lowest BCUT2D eigenvalue weighted by atomic mass is 10.1. The first-order valence-electron chi connectivity index (χ1n) is 7.11. The van der Waals surface area contributed by atoms with E-state index in [9.17, 15) is 0 Å². The number of hydrogen-bond donors (Lipinski definition) is 2. The molecule has 0 radical (unpaired) electrons. The van der Waals surface area contributed by atoms with Crippen molar-refractivity contribution in [3.8, 4) is 5.75 Å². The van der Waals surface area contributed by atoms with Gasteiger partial charge in [-0.3, -0.25) is 0 Å². The number of aliphatic imine (C=N–C) groups is 1. The number of benzene rings is 2. The molecule has 0 saturated carbocycles. The van der Waals surface area contributed by atoms with Crippen LogP contribution in [-0.4, -0.2) is 13.1 Å². The Morgan fingerprint density at radius 1 is 1.22 bits per heavy atom. The molecule has 6 heteroatoms. The van der Waals surface area contributed by atoms with Crippen LogP contribution in [0.15, 0.2) is 47.5 Å². The number of halogens is 2. The van der Waals surface area contributed by atoms with Gasteiger partial charge in [0.2, 0.25) is 0 Å². The topological polar surface area (TPSA) is 59.6 Å². The summed E-state index contributed by atoms with van der Waals surface area (Å²) in [6.45, 7) is 2.68. The van der Waals surface area contributed by atoms with E-state index in [1.165, 1.54) is 11.1 Å². The van der Waals surface area contributed by atoms with Gasteiger partial charge in [0, 0.05) is 5.69 Å². The van der Waals surface area contributed by atoms with Gasteiger partial charge in [-0.2, -0.15) is 0 Å². The fourth-order valence-corrected chi connectivity index (χ4v) is 2.42. The van der Waals surface area contributed by atoms with Gasteiger partial charge >= 0.3 is 0 Å². The largest absolute Gasteiger partial charge is 0.495 e. The molecule has 124 valence electrons. The van der Waals surface area contributed by atoms with Gasteiger partial charge in [-0.1, -0.05) is 42.8 Å². The zero-order valence-electron chi connectivity index (χ0n) is 13.2. The fraction of sp³-hybridized carbons (Fsp3) is 0.235. The van der Waals surface area contributed by atoms with Crippen LogP contribution in [0.5, 0.6) is 5.75 Å². The Morgan fingerprint density at radius 3 is 2.52 bits per heavy atom. The second-order valence-corrected chi connectivity index (χ2v) is 5.21. The monoisotopic (exact) mass is 445 g/mol. The van der Waals surface area contributed by atoms with E-state index in [0.717, 1.165) is 12.1 Å². The van der Waals surface area contributed by atoms with E-state index in [2.05, 4.69) is 29.4 Å². The summed E-state index contributed by atoms with van der Waals surface area (Å²) < 4.78 is 5.11. The Balaban J connectivity index is 0.00000264. The highest BCUT2D eigenvalue weighted by Crippen LogP contribution is 2.27. The van der Waals surface area contributed by atoms with E-state index >= 15 is 0 Å². The second kappa shape index (κ2) is 9.62. The predicted molar refractivity (Wildman–Crippen MR) is 108 cm³/mol. The van der Waals surface area contributed by atoms with Crippen molar-refractivity contribution in [3.05, 3.63) is 58.6 Å². The van der Waals surface area contributed by atoms with Crippen LogP contribution in [0.2, 0.25) is 5.02 Å². The highest BCUT2D eigenvalue weighted by molar-refractivity contribution is 14.0. The molecule has 2 aromatic rings. The average Bonchev–Trinajstić information content (AvgIpc) is 2.53. The molecule has 0 aliphatic rings. The number of rotatable bonds is 5. The Bertz CT molecular complexity index is 677. The number of ether oxygens (including phenoxy) is 1. The number of nitrogens with two attached hydrogens (primary N) is 1. The van der Waals surface area contributed by atoms with Crippen molar-refractivity contribution in [1.82, 2.24) is 0 Å². The van der Waals surface area contributed by atoms with Gasteiger partial charge in [-0.15, -0.1) is 24.0 Å². The lowest BCUT2D eigenvalue weighted by molar-refractivity contribution is 0.415. The molecular weight excluding hydrogens is 425 g/mol. The molecular formula is C17H21ClIN3O. The first-order valence-corrected chi connectivity index (χ1v) is 7.49. The third kappa shape index (κ3) is 5.58. The van der Waals surface area contributed by atoms with Gasteiger partial charge < -0.3 is 15.8 Å². The summed E-state index contributed by atoms with van der Waals surface area (Å²) >= 11 is 6.08. The van der Waals surface area contributed by atoms with Gasteiger partial charge in [0.15, 0.2) is 5.96 Å². The number of guanidine groups is 1. The highest BCUT2D eigenvalue weighted by atomic mass is 127. The summed E-state index contributed by atoms with van der Waals surface area (Å²) in [6.07, 6.45) is 0.979. The maximum absolute atomic E-state index is 6.08. The van der Waals surface area contributed by atoms with Crippen molar-refractivity contribution >= 4 is 47.2 Å². The molecule has 0 unspecified atom stereocenters. The van der Waals surface area contributed by atoms with Gasteiger partial charge in [-0.05, 0) is 35.7 Å². The Hall–Kier alpha value is -1.47. The summed E-state index contributed by atoms with van der Waals surface area (Å²) in [5.74, 6) is 0.978. The standard InChI is InChI=1S/C17H20ClN3O.HI/c1-3-12-6-4-5-7-13(12)11-20-17(19)21-14-8-9-16(22-2)15(18)10-14;/h4-10H,3,11H2,1-2H3,(H3,19,20,21);1H. The maximum Gasteiger partial charge on any atom is 0.193 e. The Morgan fingerprint density at radius 2 is 1.91 bits per heavy atom. The smallest absolute Gasteiger partial charge is 0.193 e. The zero-order chi connectivity index (χ0) is 15.9. The molecule has 4 nitrogen and oxygen atoms in total. The molecule has 0 atom stereocenters. The van der Waals surface area contributed by atoms with Crippen LogP contribution < -0.4 is 15.8 Å². The van der Waals surface area contributed by atoms with Crippen LogP contribution in [-0.2, 0) is 13.0 Å². The molecule has 3 N–H and O–H groups in total. The number of methoxy groups -OCH3 is 1. The lowest BCUT2D eigenvalue weighted by Gasteiger charge is -2.09. The molecule has 23 heavy (non-hydrogen) atoms. The molecule has 0 spiro atoms. The average molecular weight is 446 g/mol. The minimum Gasteiger partial charge on any atom is -0.495 e. The highest BCUT2D eigenvalue weighted by Gasteiger charge is 2.03. The SMILES string of the molecule is CCc1ccccc1CN=C(N)Nc1ccc(OC)c(Cl)c1.I. The molecule has 2 rings (SSSR count). The van der Waals surface area contributed by atoms with Crippen LogP contribution in [0.25, 0.3) is 0 Å². The number of nitrogens with zero attached hydrogens (tertiary/aromatic N) is 1. The van der Waals surface area contributed by atoms with Crippen LogP contribution >= 0.6 is 35.6 Å². The van der Waals surface area contributed by atoms with Crippen molar-refractivity contribution in [3.63, 3.8) is 0 Å². The Labute approximate surface area is 159 Å². The molecule has 0 heterocycles. The van der Waals surface area contributed by atoms with Crippen molar-refractivity contribution in [2.75, 3.05) is 12.4 Å². The summed E-state index contributed by atoms with van der Waals surface area (Å²) in [6, 6.07) is 13.6. The fourth-order valence-electron chi connectivity index (χ4n) is 2.16. The van der Waals surface area contributed by atoms with E-state index in [1.807, 2.05) is 18.2 Å². The summed E-state index contributed by atoms with van der Waals surface area (Å²) in [5.41, 5.74) is 9.17. The van der Waals surface area contributed by atoms with Gasteiger partial charge in [-0.25, -0.2) is 4.99 Å². The van der Waals surface area contributed by atoms with Gasteiger partial charge in [0.05, 0.1) is 18.7 Å². The number of nitrogens with one attached hydrogen (secondary N) is 1. The summed E-state index contributed by atoms with van der Waals surface area (Å²) in [4.78, 5) is 4.38. The van der Waals surface area contributed by atoms with E-state index in [1.54, 1.807) is 19.2 Å². The van der Waals surface area contributed by atoms with Crippen molar-refractivity contribution in [1.29, 1.82) is 0 Å². The molecule has 0 aromatic heterocycles. The minimum absolute atomic E-state index is 0. The van der Waals surface area contributed by atoms with Crippen molar-refractivity contribution in [2.45, 2.75) is 19.9 Å². The minimum atomic E-state index is 0. The quantitative estimate of drug-likeness (QED) is 0.406. The summed E-state index contributed by atoms with van der Waals surface area (Å²) in [7, 11) is 1.58. The maximum atomic E-state index is 6.08. The first-order chi connectivity index (χ1) is 10.6. The third-order valence-electron chi connectivity index (χ3n) is 3.34. The van der Waals surface area contributed by atoms with Crippen molar-refractivity contribution < 1.29 is 4.74 Å². The van der Waals surface area contributed by atoms with Gasteiger partial charge in [0.25, 0.3) is 0 Å². The van der Waals surface area contributed by atoms with E-state index < -0.39 is 0 Å². The number of hydrogen-bond acceptors (Lipinski definition) is 2. The molecule has 0 amide bonds. The molecule has 2 aromatic carbocycles. The predicted octanol–water partition coefficient (Wildman–Crippen LogP) is 4.46. The van der Waals surface area contributed by atoms with E-state index in [-0.39, 0.29) is 24.0 Å². The second-order valence-electron chi connectivity index (χ2n) is 4.80. The normalized spacial score (nSPS) is 10.8. The molecule has 0 aliphatic carbocycles. The molecule has 0 bridgehead atoms. The number of aryl methyl sites for hydroxylation is 1. The first kappa shape index (κ1) is 19.6. The number of anilines is 1.